The van der Waals surface area contributed by atoms with Gasteiger partial charge in [-0.05, 0) is 29.8 Å². The lowest BCUT2D eigenvalue weighted by Gasteiger charge is -2.12. The molecular formula is C19H19ClN4O2. The highest BCUT2D eigenvalue weighted by molar-refractivity contribution is 6.30. The number of nitrogens with one attached hydrogen (secondary N) is 2. The number of anilines is 3. The van der Waals surface area contributed by atoms with Gasteiger partial charge in [0.25, 0.3) is 0 Å². The van der Waals surface area contributed by atoms with Crippen LogP contribution < -0.4 is 20.1 Å². The fourth-order valence-corrected chi connectivity index (χ4v) is 2.48. The van der Waals surface area contributed by atoms with Gasteiger partial charge in [-0.15, -0.1) is 0 Å². The third kappa shape index (κ3) is 4.55. The molecule has 3 rings (SSSR count). The van der Waals surface area contributed by atoms with Crippen molar-refractivity contribution in [3.8, 4) is 11.5 Å². The first-order valence-corrected chi connectivity index (χ1v) is 8.35. The first kappa shape index (κ1) is 17.8. The second-order valence-corrected chi connectivity index (χ2v) is 5.90. The predicted octanol–water partition coefficient (Wildman–Crippen LogP) is 4.50. The largest absolute Gasteiger partial charge is 0.497 e. The molecule has 1 aromatic heterocycles. The Morgan fingerprint density at radius 1 is 0.923 bits per heavy atom. The molecule has 0 radical (unpaired) electrons. The molecule has 2 N–H and O–H groups in total. The van der Waals surface area contributed by atoms with Gasteiger partial charge in [0.05, 0.1) is 19.9 Å². The Hall–Kier alpha value is -2.99. The van der Waals surface area contributed by atoms with Crippen molar-refractivity contribution in [2.45, 2.75) is 6.54 Å². The second kappa shape index (κ2) is 8.40. The van der Waals surface area contributed by atoms with E-state index >= 15 is 0 Å². The van der Waals surface area contributed by atoms with E-state index in [4.69, 9.17) is 21.1 Å². The minimum atomic E-state index is 0.638. The molecular weight excluding hydrogens is 352 g/mol. The number of methoxy groups -OCH3 is 2. The molecule has 3 aromatic rings. The molecule has 0 aliphatic heterocycles. The minimum absolute atomic E-state index is 0.638. The van der Waals surface area contributed by atoms with Gasteiger partial charge in [0.2, 0.25) is 0 Å². The van der Waals surface area contributed by atoms with Crippen LogP contribution in [0.25, 0.3) is 0 Å². The van der Waals surface area contributed by atoms with Crippen LogP contribution in [0.4, 0.5) is 17.3 Å². The molecule has 1 heterocycles. The first-order valence-electron chi connectivity index (χ1n) is 7.97. The summed E-state index contributed by atoms with van der Waals surface area (Å²) < 4.78 is 10.6. The number of aromatic nitrogens is 2. The third-order valence-electron chi connectivity index (χ3n) is 3.73. The molecule has 0 atom stereocenters. The van der Waals surface area contributed by atoms with Crippen LogP contribution in [0.3, 0.4) is 0 Å². The summed E-state index contributed by atoms with van der Waals surface area (Å²) in [6.45, 7) is 0.638. The van der Waals surface area contributed by atoms with Crippen molar-refractivity contribution >= 4 is 28.9 Å². The topological polar surface area (TPSA) is 68.3 Å². The number of nitrogens with zero attached hydrogens (tertiary/aromatic N) is 2. The van der Waals surface area contributed by atoms with E-state index < -0.39 is 0 Å². The number of hydrogen-bond acceptors (Lipinski definition) is 6. The van der Waals surface area contributed by atoms with Crippen LogP contribution in [-0.4, -0.2) is 24.2 Å². The Kier molecular flexibility index (Phi) is 5.76. The highest BCUT2D eigenvalue weighted by Crippen LogP contribution is 2.31. The molecule has 0 bridgehead atoms. The van der Waals surface area contributed by atoms with E-state index in [0.717, 1.165) is 22.0 Å². The van der Waals surface area contributed by atoms with Gasteiger partial charge in [-0.25, -0.2) is 9.97 Å². The Bertz CT molecular complexity index is 872. The first-order chi connectivity index (χ1) is 12.7. The molecule has 0 fully saturated rings. The van der Waals surface area contributed by atoms with Crippen LogP contribution in [0, 0.1) is 0 Å². The SMILES string of the molecule is COc1ccc(Nc2cc(NCc3ccc(Cl)cc3)ncn2)c(OC)c1. The zero-order chi connectivity index (χ0) is 18.4. The molecule has 2 aromatic carbocycles. The van der Waals surface area contributed by atoms with Gasteiger partial charge >= 0.3 is 0 Å². The maximum absolute atomic E-state index is 5.90. The predicted molar refractivity (Wildman–Crippen MR) is 104 cm³/mol. The average molecular weight is 371 g/mol. The Balaban J connectivity index is 1.70. The molecule has 0 amide bonds. The molecule has 6 nitrogen and oxygen atoms in total. The number of hydrogen-bond donors (Lipinski definition) is 2. The molecule has 0 saturated carbocycles. The Morgan fingerprint density at radius 3 is 2.42 bits per heavy atom. The van der Waals surface area contributed by atoms with Crippen LogP contribution in [0.1, 0.15) is 5.56 Å². The van der Waals surface area contributed by atoms with Gasteiger partial charge in [0.1, 0.15) is 29.5 Å². The summed E-state index contributed by atoms with van der Waals surface area (Å²) in [5.74, 6) is 2.76. The van der Waals surface area contributed by atoms with Crippen LogP contribution in [0.15, 0.2) is 54.9 Å². The molecule has 7 heteroatoms. The second-order valence-electron chi connectivity index (χ2n) is 5.46. The van der Waals surface area contributed by atoms with Gasteiger partial charge in [0.15, 0.2) is 0 Å². The standard InChI is InChI=1S/C19H19ClN4O2/c1-25-15-7-8-16(17(9-15)26-2)24-19-10-18(22-12-23-19)21-11-13-3-5-14(20)6-4-13/h3-10,12H,11H2,1-2H3,(H2,21,22,23,24). The summed E-state index contributed by atoms with van der Waals surface area (Å²) in [7, 11) is 3.23. The highest BCUT2D eigenvalue weighted by Gasteiger charge is 2.07. The van der Waals surface area contributed by atoms with E-state index in [2.05, 4.69) is 20.6 Å². The molecule has 26 heavy (non-hydrogen) atoms. The summed E-state index contributed by atoms with van der Waals surface area (Å²) in [5, 5.41) is 7.22. The third-order valence-corrected chi connectivity index (χ3v) is 3.98. The summed E-state index contributed by atoms with van der Waals surface area (Å²) in [5.41, 5.74) is 1.90. The monoisotopic (exact) mass is 370 g/mol. The van der Waals surface area contributed by atoms with Gasteiger partial charge in [-0.2, -0.15) is 0 Å². The van der Waals surface area contributed by atoms with E-state index in [1.165, 1.54) is 6.33 Å². The number of ether oxygens (including phenoxy) is 2. The maximum atomic E-state index is 5.90. The zero-order valence-electron chi connectivity index (χ0n) is 14.5. The fraction of sp³-hybridized carbons (Fsp3) is 0.158. The lowest BCUT2D eigenvalue weighted by molar-refractivity contribution is 0.395. The molecule has 134 valence electrons. The quantitative estimate of drug-likeness (QED) is 0.638. The summed E-state index contributed by atoms with van der Waals surface area (Å²) >= 11 is 5.90. The summed E-state index contributed by atoms with van der Waals surface area (Å²) in [6, 6.07) is 15.0. The molecule has 0 aliphatic rings. The van der Waals surface area contributed by atoms with Crippen molar-refractivity contribution in [2.24, 2.45) is 0 Å². The summed E-state index contributed by atoms with van der Waals surface area (Å²) in [4.78, 5) is 8.50. The molecule has 0 spiro atoms. The summed E-state index contributed by atoms with van der Waals surface area (Å²) in [6.07, 6.45) is 1.50. The number of halogens is 1. The number of benzene rings is 2. The molecule has 0 unspecified atom stereocenters. The van der Waals surface area contributed by atoms with Crippen LogP contribution >= 0.6 is 11.6 Å². The lowest BCUT2D eigenvalue weighted by Crippen LogP contribution is -2.03. The van der Waals surface area contributed by atoms with E-state index in [0.29, 0.717) is 23.9 Å². The molecule has 0 saturated heterocycles. The zero-order valence-corrected chi connectivity index (χ0v) is 15.2. The maximum Gasteiger partial charge on any atom is 0.146 e. The van der Waals surface area contributed by atoms with E-state index in [-0.39, 0.29) is 0 Å². The van der Waals surface area contributed by atoms with Crippen molar-refractivity contribution < 1.29 is 9.47 Å². The Morgan fingerprint density at radius 2 is 1.69 bits per heavy atom. The van der Waals surface area contributed by atoms with Crippen molar-refractivity contribution in [3.05, 3.63) is 65.4 Å². The number of rotatable bonds is 7. The highest BCUT2D eigenvalue weighted by atomic mass is 35.5. The van der Waals surface area contributed by atoms with E-state index in [9.17, 15) is 0 Å². The van der Waals surface area contributed by atoms with Crippen molar-refractivity contribution in [3.63, 3.8) is 0 Å². The minimum Gasteiger partial charge on any atom is -0.497 e. The average Bonchev–Trinajstić information content (AvgIpc) is 2.68. The van der Waals surface area contributed by atoms with Crippen LogP contribution in [0.5, 0.6) is 11.5 Å². The van der Waals surface area contributed by atoms with Gasteiger partial charge in [-0.3, -0.25) is 0 Å². The van der Waals surface area contributed by atoms with Gasteiger partial charge < -0.3 is 20.1 Å². The van der Waals surface area contributed by atoms with Crippen LogP contribution in [0.2, 0.25) is 5.02 Å². The Labute approximate surface area is 157 Å². The molecule has 0 aliphatic carbocycles. The van der Waals surface area contributed by atoms with E-state index in [1.807, 2.05) is 48.5 Å². The van der Waals surface area contributed by atoms with Crippen molar-refractivity contribution in [1.82, 2.24) is 9.97 Å². The fourth-order valence-electron chi connectivity index (χ4n) is 2.36. The van der Waals surface area contributed by atoms with Crippen molar-refractivity contribution in [2.75, 3.05) is 24.9 Å². The van der Waals surface area contributed by atoms with Gasteiger partial charge in [0, 0.05) is 23.7 Å². The van der Waals surface area contributed by atoms with Crippen LogP contribution in [-0.2, 0) is 6.54 Å². The smallest absolute Gasteiger partial charge is 0.146 e. The normalized spacial score (nSPS) is 10.3. The van der Waals surface area contributed by atoms with Gasteiger partial charge in [-0.1, -0.05) is 23.7 Å². The lowest BCUT2D eigenvalue weighted by atomic mass is 10.2. The van der Waals surface area contributed by atoms with E-state index in [1.54, 1.807) is 14.2 Å². The van der Waals surface area contributed by atoms with Crippen molar-refractivity contribution in [1.29, 1.82) is 0 Å².